The number of nitrogens with one attached hydrogen (secondary N) is 2. The average molecular weight is 335 g/mol. The quantitative estimate of drug-likeness (QED) is 0.679. The fraction of sp³-hybridized carbons (Fsp3) is 0.471. The van der Waals surface area contributed by atoms with Crippen molar-refractivity contribution in [1.82, 2.24) is 10.2 Å². The van der Waals surface area contributed by atoms with E-state index in [9.17, 15) is 14.4 Å². The normalized spacial score (nSPS) is 11.5. The minimum Gasteiger partial charge on any atom is -0.481 e. The predicted molar refractivity (Wildman–Crippen MR) is 91.6 cm³/mol. The summed E-state index contributed by atoms with van der Waals surface area (Å²) in [6, 6.07) is 6.91. The van der Waals surface area contributed by atoms with E-state index in [1.54, 1.807) is 19.2 Å². The molecule has 0 aliphatic rings. The molecule has 24 heavy (non-hydrogen) atoms. The lowest BCUT2D eigenvalue weighted by atomic mass is 10.1. The number of aliphatic carboxylic acids is 1. The van der Waals surface area contributed by atoms with E-state index in [1.165, 1.54) is 4.90 Å². The molecular formula is C17H25N3O4. The van der Waals surface area contributed by atoms with Crippen molar-refractivity contribution in [1.29, 1.82) is 0 Å². The number of anilines is 1. The van der Waals surface area contributed by atoms with Crippen LogP contribution in [0.4, 0.5) is 10.5 Å². The summed E-state index contributed by atoms with van der Waals surface area (Å²) < 4.78 is 0. The molecule has 0 aliphatic heterocycles. The number of hydrogen-bond donors (Lipinski definition) is 3. The van der Waals surface area contributed by atoms with Crippen molar-refractivity contribution >= 4 is 23.6 Å². The van der Waals surface area contributed by atoms with Crippen LogP contribution >= 0.6 is 0 Å². The number of carboxylic acid groups (broad SMARTS) is 1. The van der Waals surface area contributed by atoms with Crippen molar-refractivity contribution in [2.24, 2.45) is 5.92 Å². The molecule has 1 atom stereocenters. The Balaban J connectivity index is 2.54. The Morgan fingerprint density at radius 1 is 1.29 bits per heavy atom. The molecule has 0 radical (unpaired) electrons. The molecule has 0 bridgehead atoms. The third-order valence-corrected chi connectivity index (χ3v) is 3.71. The molecule has 132 valence electrons. The lowest BCUT2D eigenvalue weighted by Crippen LogP contribution is -2.38. The highest BCUT2D eigenvalue weighted by Crippen LogP contribution is 2.13. The zero-order valence-electron chi connectivity index (χ0n) is 14.3. The van der Waals surface area contributed by atoms with Gasteiger partial charge in [-0.3, -0.25) is 9.59 Å². The fourth-order valence-corrected chi connectivity index (χ4v) is 1.89. The standard InChI is InChI=1S/C17H25N3O4/c1-4-12(2)16(23)19-14-7-5-6-13(10-14)11-18-17(24)20(3)9-8-15(21)22/h5-7,10,12H,4,8-9,11H2,1-3H3,(H,18,24)(H,19,23)(H,21,22). The monoisotopic (exact) mass is 335 g/mol. The number of urea groups is 1. The second-order valence-corrected chi connectivity index (χ2v) is 5.72. The van der Waals surface area contributed by atoms with Crippen molar-refractivity contribution in [3.05, 3.63) is 29.8 Å². The van der Waals surface area contributed by atoms with Gasteiger partial charge in [0.25, 0.3) is 0 Å². The SMILES string of the molecule is CCC(C)C(=O)Nc1cccc(CNC(=O)N(C)CCC(=O)O)c1. The first kappa shape index (κ1) is 19.5. The Hall–Kier alpha value is -2.57. The van der Waals surface area contributed by atoms with Crippen LogP contribution in [0.15, 0.2) is 24.3 Å². The number of carbonyl (C=O) groups is 3. The fourth-order valence-electron chi connectivity index (χ4n) is 1.89. The zero-order valence-corrected chi connectivity index (χ0v) is 14.3. The Labute approximate surface area is 142 Å². The van der Waals surface area contributed by atoms with E-state index < -0.39 is 5.97 Å². The largest absolute Gasteiger partial charge is 0.481 e. The second kappa shape index (κ2) is 9.54. The lowest BCUT2D eigenvalue weighted by molar-refractivity contribution is -0.137. The molecule has 0 aromatic heterocycles. The molecule has 3 N–H and O–H groups in total. The van der Waals surface area contributed by atoms with E-state index in [2.05, 4.69) is 10.6 Å². The summed E-state index contributed by atoms with van der Waals surface area (Å²) >= 11 is 0. The van der Waals surface area contributed by atoms with Crippen LogP contribution in [-0.2, 0) is 16.1 Å². The minimum atomic E-state index is -0.945. The summed E-state index contributed by atoms with van der Waals surface area (Å²) in [5.41, 5.74) is 1.53. The summed E-state index contributed by atoms with van der Waals surface area (Å²) in [6.07, 6.45) is 0.672. The van der Waals surface area contributed by atoms with E-state index in [0.717, 1.165) is 12.0 Å². The van der Waals surface area contributed by atoms with E-state index in [0.29, 0.717) is 12.2 Å². The molecule has 0 saturated carbocycles. The number of carbonyl (C=O) groups excluding carboxylic acids is 2. The number of hydrogen-bond acceptors (Lipinski definition) is 3. The minimum absolute atomic E-state index is 0.0351. The van der Waals surface area contributed by atoms with Gasteiger partial charge in [0.1, 0.15) is 0 Å². The van der Waals surface area contributed by atoms with Gasteiger partial charge >= 0.3 is 12.0 Å². The van der Waals surface area contributed by atoms with Gasteiger partial charge in [0.2, 0.25) is 5.91 Å². The van der Waals surface area contributed by atoms with Crippen LogP contribution in [0.3, 0.4) is 0 Å². The van der Waals surface area contributed by atoms with Gasteiger partial charge in [-0.25, -0.2) is 4.79 Å². The highest BCUT2D eigenvalue weighted by molar-refractivity contribution is 5.92. The van der Waals surface area contributed by atoms with Gasteiger partial charge in [0.15, 0.2) is 0 Å². The summed E-state index contributed by atoms with van der Waals surface area (Å²) in [5.74, 6) is -1.04. The van der Waals surface area contributed by atoms with Gasteiger partial charge in [-0.2, -0.15) is 0 Å². The molecule has 0 heterocycles. The molecule has 0 saturated heterocycles. The smallest absolute Gasteiger partial charge is 0.317 e. The maximum Gasteiger partial charge on any atom is 0.317 e. The molecule has 1 rings (SSSR count). The van der Waals surface area contributed by atoms with E-state index in [1.807, 2.05) is 26.0 Å². The van der Waals surface area contributed by atoms with E-state index in [4.69, 9.17) is 5.11 Å². The van der Waals surface area contributed by atoms with Gasteiger partial charge in [-0.05, 0) is 24.1 Å². The third-order valence-electron chi connectivity index (χ3n) is 3.71. The maximum absolute atomic E-state index is 11.9. The Morgan fingerprint density at radius 2 is 2.00 bits per heavy atom. The first-order valence-electron chi connectivity index (χ1n) is 7.94. The van der Waals surface area contributed by atoms with Crippen molar-refractivity contribution in [2.45, 2.75) is 33.2 Å². The van der Waals surface area contributed by atoms with Gasteiger partial charge in [0.05, 0.1) is 6.42 Å². The maximum atomic E-state index is 11.9. The van der Waals surface area contributed by atoms with Crippen LogP contribution < -0.4 is 10.6 Å². The van der Waals surface area contributed by atoms with Gasteiger partial charge < -0.3 is 20.6 Å². The van der Waals surface area contributed by atoms with Crippen LogP contribution in [0.1, 0.15) is 32.3 Å². The van der Waals surface area contributed by atoms with Crippen LogP contribution in [0.25, 0.3) is 0 Å². The molecular weight excluding hydrogens is 310 g/mol. The molecule has 0 aliphatic carbocycles. The molecule has 7 nitrogen and oxygen atoms in total. The van der Waals surface area contributed by atoms with Crippen molar-refractivity contribution < 1.29 is 19.5 Å². The topological polar surface area (TPSA) is 98.7 Å². The molecule has 0 spiro atoms. The highest BCUT2D eigenvalue weighted by atomic mass is 16.4. The number of benzene rings is 1. The van der Waals surface area contributed by atoms with Crippen LogP contribution in [0.5, 0.6) is 0 Å². The first-order valence-corrected chi connectivity index (χ1v) is 7.94. The summed E-state index contributed by atoms with van der Waals surface area (Å²) in [6.45, 7) is 4.26. The van der Waals surface area contributed by atoms with E-state index in [-0.39, 0.29) is 30.8 Å². The molecule has 1 aromatic rings. The van der Waals surface area contributed by atoms with Crippen LogP contribution in [0, 0.1) is 5.92 Å². The Kier molecular flexibility index (Phi) is 7.74. The van der Waals surface area contributed by atoms with Crippen molar-refractivity contribution in [2.75, 3.05) is 18.9 Å². The number of rotatable bonds is 8. The molecule has 0 fully saturated rings. The van der Waals surface area contributed by atoms with Crippen LogP contribution in [0.2, 0.25) is 0 Å². The second-order valence-electron chi connectivity index (χ2n) is 5.72. The lowest BCUT2D eigenvalue weighted by Gasteiger charge is -2.17. The highest BCUT2D eigenvalue weighted by Gasteiger charge is 2.12. The van der Waals surface area contributed by atoms with Gasteiger partial charge in [-0.15, -0.1) is 0 Å². The Bertz CT molecular complexity index is 589. The molecule has 1 aromatic carbocycles. The van der Waals surface area contributed by atoms with E-state index >= 15 is 0 Å². The van der Waals surface area contributed by atoms with Crippen LogP contribution in [-0.4, -0.2) is 41.5 Å². The molecule has 3 amide bonds. The summed E-state index contributed by atoms with van der Waals surface area (Å²) in [5, 5.41) is 14.2. The number of carboxylic acids is 1. The third kappa shape index (κ3) is 6.68. The summed E-state index contributed by atoms with van der Waals surface area (Å²) in [7, 11) is 1.54. The van der Waals surface area contributed by atoms with Crippen molar-refractivity contribution in [3.63, 3.8) is 0 Å². The molecule has 1 unspecified atom stereocenters. The Morgan fingerprint density at radius 3 is 2.62 bits per heavy atom. The van der Waals surface area contributed by atoms with Gasteiger partial charge in [0, 0.05) is 31.7 Å². The molecule has 7 heteroatoms. The zero-order chi connectivity index (χ0) is 18.1. The van der Waals surface area contributed by atoms with Crippen molar-refractivity contribution in [3.8, 4) is 0 Å². The first-order chi connectivity index (χ1) is 11.3. The number of amides is 3. The predicted octanol–water partition coefficient (Wildman–Crippen LogP) is 2.29. The average Bonchev–Trinajstić information content (AvgIpc) is 2.56. The number of nitrogens with zero attached hydrogens (tertiary/aromatic N) is 1. The summed E-state index contributed by atoms with van der Waals surface area (Å²) in [4.78, 5) is 35.6. The van der Waals surface area contributed by atoms with Gasteiger partial charge in [-0.1, -0.05) is 26.0 Å².